The molecule has 4 nitrogen and oxygen atoms in total. The van der Waals surface area contributed by atoms with E-state index in [-0.39, 0.29) is 12.4 Å². The summed E-state index contributed by atoms with van der Waals surface area (Å²) in [7, 11) is 0. The van der Waals surface area contributed by atoms with Crippen LogP contribution in [0.25, 0.3) is 0 Å². The number of rotatable bonds is 2. The molecule has 0 aliphatic rings. The van der Waals surface area contributed by atoms with Crippen molar-refractivity contribution in [2.75, 3.05) is 0 Å². The Morgan fingerprint density at radius 2 is 2.00 bits per heavy atom. The molecular weight excluding hydrogens is 146 g/mol. The largest absolute Gasteiger partial charge is 0.480 e. The van der Waals surface area contributed by atoms with Crippen LogP contribution in [0, 0.1) is 0 Å². The molecule has 0 bridgehead atoms. The molecule has 9 heavy (non-hydrogen) atoms. The van der Waals surface area contributed by atoms with Crippen LogP contribution in [0.2, 0.25) is 0 Å². The Morgan fingerprint density at radius 3 is 2.00 bits per heavy atom. The highest BCUT2D eigenvalue weighted by molar-refractivity contribution is 5.85. The summed E-state index contributed by atoms with van der Waals surface area (Å²) in [5, 5.41) is 16.6. The summed E-state index contributed by atoms with van der Waals surface area (Å²) in [6, 6.07) is -1.16. The number of halogens is 1. The SMILES string of the molecule is C[C@H](O)[C@@H](N)C(=O)O.Cl. The zero-order valence-electron chi connectivity index (χ0n) is 4.94. The molecule has 0 spiro atoms. The minimum Gasteiger partial charge on any atom is -0.480 e. The number of hydrogen-bond donors (Lipinski definition) is 3. The Hall–Kier alpha value is -0.320. The lowest BCUT2D eigenvalue weighted by atomic mass is 10.2. The Labute approximate surface area is 59.1 Å². The third-order valence-corrected chi connectivity index (χ3v) is 0.805. The van der Waals surface area contributed by atoms with Crippen molar-refractivity contribution in [2.45, 2.75) is 19.1 Å². The van der Waals surface area contributed by atoms with Gasteiger partial charge in [-0.2, -0.15) is 0 Å². The van der Waals surface area contributed by atoms with Crippen molar-refractivity contribution in [1.82, 2.24) is 0 Å². The van der Waals surface area contributed by atoms with Crippen molar-refractivity contribution in [3.63, 3.8) is 0 Å². The van der Waals surface area contributed by atoms with Crippen molar-refractivity contribution in [2.24, 2.45) is 5.73 Å². The molecule has 4 N–H and O–H groups in total. The Bertz CT molecular complexity index is 95.8. The third-order valence-electron chi connectivity index (χ3n) is 0.805. The summed E-state index contributed by atoms with van der Waals surface area (Å²) in [5.41, 5.74) is 4.91. The average Bonchev–Trinajstić information content (AvgIpc) is 1.64. The molecule has 56 valence electrons. The van der Waals surface area contributed by atoms with Crippen LogP contribution in [0.5, 0.6) is 0 Å². The maximum absolute atomic E-state index is 9.86. The highest BCUT2D eigenvalue weighted by atomic mass is 35.5. The summed E-state index contributed by atoms with van der Waals surface area (Å²) < 4.78 is 0. The van der Waals surface area contributed by atoms with Crippen LogP contribution in [-0.2, 0) is 4.79 Å². The number of nitrogens with two attached hydrogens (primary N) is 1. The lowest BCUT2D eigenvalue weighted by Crippen LogP contribution is -2.39. The van der Waals surface area contributed by atoms with Gasteiger partial charge < -0.3 is 15.9 Å². The van der Waals surface area contributed by atoms with E-state index in [1.54, 1.807) is 0 Å². The molecule has 0 heterocycles. The molecular formula is C4H10ClNO3. The Balaban J connectivity index is 0. The normalized spacial score (nSPS) is 15.4. The molecule has 0 unspecified atom stereocenters. The number of hydrogen-bond acceptors (Lipinski definition) is 3. The zero-order chi connectivity index (χ0) is 6.73. The molecule has 0 aliphatic heterocycles. The van der Waals surface area contributed by atoms with Gasteiger partial charge in [0.25, 0.3) is 0 Å². The number of aliphatic carboxylic acids is 1. The zero-order valence-corrected chi connectivity index (χ0v) is 5.76. The topological polar surface area (TPSA) is 83.5 Å². The molecule has 0 aromatic rings. The van der Waals surface area contributed by atoms with E-state index >= 15 is 0 Å². The lowest BCUT2D eigenvalue weighted by Gasteiger charge is -2.06. The molecule has 0 aromatic carbocycles. The lowest BCUT2D eigenvalue weighted by molar-refractivity contribution is -0.140. The molecule has 5 heteroatoms. The number of carboxylic acids is 1. The Morgan fingerprint density at radius 1 is 1.67 bits per heavy atom. The molecule has 0 saturated heterocycles. The van der Waals surface area contributed by atoms with Gasteiger partial charge in [0.15, 0.2) is 0 Å². The summed E-state index contributed by atoms with van der Waals surface area (Å²) in [6.45, 7) is 1.33. The fourth-order valence-electron chi connectivity index (χ4n) is 0.206. The summed E-state index contributed by atoms with van der Waals surface area (Å²) in [5.74, 6) is -1.18. The van der Waals surface area contributed by atoms with Crippen LogP contribution in [0.1, 0.15) is 6.92 Å². The van der Waals surface area contributed by atoms with E-state index < -0.39 is 18.1 Å². The number of carbonyl (C=O) groups is 1. The van der Waals surface area contributed by atoms with Crippen molar-refractivity contribution < 1.29 is 15.0 Å². The van der Waals surface area contributed by atoms with Crippen LogP contribution >= 0.6 is 12.4 Å². The minimum atomic E-state index is -1.18. The van der Waals surface area contributed by atoms with Crippen molar-refractivity contribution in [3.05, 3.63) is 0 Å². The summed E-state index contributed by atoms with van der Waals surface area (Å²) >= 11 is 0. The van der Waals surface area contributed by atoms with Gasteiger partial charge in [0, 0.05) is 0 Å². The third kappa shape index (κ3) is 4.20. The van der Waals surface area contributed by atoms with Crippen molar-refractivity contribution >= 4 is 18.4 Å². The number of aliphatic hydroxyl groups is 1. The van der Waals surface area contributed by atoms with Gasteiger partial charge in [-0.05, 0) is 6.92 Å². The first-order valence-corrected chi connectivity index (χ1v) is 2.22. The molecule has 2 atom stereocenters. The van der Waals surface area contributed by atoms with E-state index in [2.05, 4.69) is 0 Å². The van der Waals surface area contributed by atoms with Crippen molar-refractivity contribution in [1.29, 1.82) is 0 Å². The van der Waals surface area contributed by atoms with Gasteiger partial charge in [0.2, 0.25) is 0 Å². The first-order chi connectivity index (χ1) is 3.55. The van der Waals surface area contributed by atoms with E-state index in [1.165, 1.54) is 6.92 Å². The maximum Gasteiger partial charge on any atom is 0.323 e. The monoisotopic (exact) mass is 155 g/mol. The van der Waals surface area contributed by atoms with E-state index in [1.807, 2.05) is 0 Å². The van der Waals surface area contributed by atoms with E-state index in [0.29, 0.717) is 0 Å². The van der Waals surface area contributed by atoms with Crippen LogP contribution in [0.15, 0.2) is 0 Å². The summed E-state index contributed by atoms with van der Waals surface area (Å²) in [4.78, 5) is 9.86. The Kier molecular flexibility index (Phi) is 5.80. The van der Waals surface area contributed by atoms with Gasteiger partial charge in [0.1, 0.15) is 6.04 Å². The number of carboxylic acid groups (broad SMARTS) is 1. The second-order valence-corrected chi connectivity index (χ2v) is 1.60. The fraction of sp³-hybridized carbons (Fsp3) is 0.750. The molecule has 0 aliphatic carbocycles. The molecule has 0 saturated carbocycles. The predicted octanol–water partition coefficient (Wildman–Crippen LogP) is -0.799. The second-order valence-electron chi connectivity index (χ2n) is 1.60. The van der Waals surface area contributed by atoms with Crippen LogP contribution < -0.4 is 5.73 Å². The first-order valence-electron chi connectivity index (χ1n) is 2.22. The molecule has 0 fully saturated rings. The molecule has 0 aromatic heterocycles. The highest BCUT2D eigenvalue weighted by Gasteiger charge is 2.16. The molecule has 0 rings (SSSR count). The van der Waals surface area contributed by atoms with Crippen LogP contribution in [0.3, 0.4) is 0 Å². The van der Waals surface area contributed by atoms with Crippen molar-refractivity contribution in [3.8, 4) is 0 Å². The van der Waals surface area contributed by atoms with Crippen LogP contribution in [0.4, 0.5) is 0 Å². The number of aliphatic hydroxyl groups excluding tert-OH is 1. The predicted molar refractivity (Wildman–Crippen MR) is 34.5 cm³/mol. The standard InChI is InChI=1S/C4H9NO3.ClH/c1-2(6)3(5)4(7)8;/h2-3,6H,5H2,1H3,(H,7,8);1H/t2-,3+;/m0./s1. The highest BCUT2D eigenvalue weighted by Crippen LogP contribution is 1.85. The van der Waals surface area contributed by atoms with Gasteiger partial charge in [-0.25, -0.2) is 0 Å². The van der Waals surface area contributed by atoms with Gasteiger partial charge in [-0.15, -0.1) is 12.4 Å². The van der Waals surface area contributed by atoms with Gasteiger partial charge >= 0.3 is 5.97 Å². The van der Waals surface area contributed by atoms with Gasteiger partial charge in [0.05, 0.1) is 6.10 Å². The minimum absolute atomic E-state index is 0. The van der Waals surface area contributed by atoms with E-state index in [4.69, 9.17) is 15.9 Å². The van der Waals surface area contributed by atoms with E-state index in [9.17, 15) is 4.79 Å². The quantitative estimate of drug-likeness (QED) is 0.488. The fourth-order valence-corrected chi connectivity index (χ4v) is 0.206. The molecule has 0 amide bonds. The maximum atomic E-state index is 9.86. The van der Waals surface area contributed by atoms with Gasteiger partial charge in [-0.3, -0.25) is 4.79 Å². The summed E-state index contributed by atoms with van der Waals surface area (Å²) in [6.07, 6.45) is -0.979. The molecule has 0 radical (unpaired) electrons. The second kappa shape index (κ2) is 4.55. The van der Waals surface area contributed by atoms with E-state index in [0.717, 1.165) is 0 Å². The smallest absolute Gasteiger partial charge is 0.323 e. The average molecular weight is 156 g/mol. The first kappa shape index (κ1) is 11.5. The van der Waals surface area contributed by atoms with Gasteiger partial charge in [-0.1, -0.05) is 0 Å². The van der Waals surface area contributed by atoms with Crippen LogP contribution in [-0.4, -0.2) is 28.3 Å².